The Bertz CT molecular complexity index is 432. The molecule has 0 fully saturated rings. The average Bonchev–Trinajstić information content (AvgIpc) is 2.18. The van der Waals surface area contributed by atoms with Gasteiger partial charge >= 0.3 is 6.18 Å². The van der Waals surface area contributed by atoms with Gasteiger partial charge < -0.3 is 15.7 Å². The van der Waals surface area contributed by atoms with Gasteiger partial charge in [0.1, 0.15) is 12.3 Å². The molecule has 0 heterocycles. The van der Waals surface area contributed by atoms with Crippen molar-refractivity contribution in [1.29, 1.82) is 0 Å². The Morgan fingerprint density at radius 1 is 1.47 bits per heavy atom. The number of halogens is 3. The molecular weight excluding hydrogens is 237 g/mol. The van der Waals surface area contributed by atoms with Gasteiger partial charge in [0, 0.05) is 12.7 Å². The quantitative estimate of drug-likeness (QED) is 0.617. The first-order valence-electron chi connectivity index (χ1n) is 4.61. The summed E-state index contributed by atoms with van der Waals surface area (Å²) in [5, 5.41) is 9.15. The average molecular weight is 248 g/mol. The number of nitrogens with two attached hydrogens (primary N) is 1. The molecule has 1 aromatic rings. The van der Waals surface area contributed by atoms with Crippen LogP contribution in [0.4, 0.5) is 18.9 Å². The van der Waals surface area contributed by atoms with Crippen molar-refractivity contribution in [2.24, 2.45) is 0 Å². The van der Waals surface area contributed by atoms with Crippen LogP contribution in [0.2, 0.25) is 0 Å². The third-order valence-electron chi connectivity index (χ3n) is 2.03. The Kier molecular flexibility index (Phi) is 3.50. The molecule has 0 atom stereocenters. The Morgan fingerprint density at radius 3 is 2.59 bits per heavy atom. The zero-order valence-electron chi connectivity index (χ0n) is 8.95. The van der Waals surface area contributed by atoms with E-state index in [9.17, 15) is 18.0 Å². The van der Waals surface area contributed by atoms with Crippen LogP contribution in [0, 0.1) is 0 Å². The number of carbonyl (C=O) groups excluding carboxylic acids is 1. The van der Waals surface area contributed by atoms with Crippen LogP contribution in [0.1, 0.15) is 10.4 Å². The van der Waals surface area contributed by atoms with Gasteiger partial charge in [0.15, 0.2) is 0 Å². The number of benzene rings is 1. The van der Waals surface area contributed by atoms with E-state index in [1.165, 1.54) is 12.1 Å². The highest BCUT2D eigenvalue weighted by molar-refractivity contribution is 5.99. The number of alkyl halides is 3. The summed E-state index contributed by atoms with van der Waals surface area (Å²) in [5.41, 5.74) is 5.31. The Labute approximate surface area is 95.4 Å². The molecule has 0 aliphatic carbocycles. The zero-order chi connectivity index (χ0) is 13.2. The third-order valence-corrected chi connectivity index (χ3v) is 2.03. The topological polar surface area (TPSA) is 66.6 Å². The van der Waals surface area contributed by atoms with Crippen LogP contribution >= 0.6 is 0 Å². The second-order valence-corrected chi connectivity index (χ2v) is 3.55. The van der Waals surface area contributed by atoms with Gasteiger partial charge in [-0.2, -0.15) is 13.2 Å². The number of aromatic hydroxyl groups is 1. The summed E-state index contributed by atoms with van der Waals surface area (Å²) in [4.78, 5) is 12.1. The van der Waals surface area contributed by atoms with Gasteiger partial charge in [0.05, 0.1) is 5.56 Å². The molecule has 3 N–H and O–H groups in total. The van der Waals surface area contributed by atoms with Gasteiger partial charge in [0.2, 0.25) is 0 Å². The van der Waals surface area contributed by atoms with E-state index in [-0.39, 0.29) is 17.0 Å². The molecule has 1 amide bonds. The number of phenols is 1. The van der Waals surface area contributed by atoms with Crippen LogP contribution in [0.15, 0.2) is 18.2 Å². The fraction of sp³-hybridized carbons (Fsp3) is 0.300. The summed E-state index contributed by atoms with van der Waals surface area (Å²) in [5.74, 6) is -1.13. The highest BCUT2D eigenvalue weighted by atomic mass is 19.4. The number of hydrogen-bond acceptors (Lipinski definition) is 3. The van der Waals surface area contributed by atoms with E-state index in [0.717, 1.165) is 13.1 Å². The van der Waals surface area contributed by atoms with Crippen LogP contribution in [-0.2, 0) is 0 Å². The number of hydrogen-bond donors (Lipinski definition) is 2. The van der Waals surface area contributed by atoms with Crippen LogP contribution in [-0.4, -0.2) is 35.7 Å². The maximum atomic E-state index is 12.1. The second kappa shape index (κ2) is 4.52. The first-order chi connectivity index (χ1) is 7.70. The second-order valence-electron chi connectivity index (χ2n) is 3.55. The molecule has 4 nitrogen and oxygen atoms in total. The van der Waals surface area contributed by atoms with Gasteiger partial charge in [-0.15, -0.1) is 0 Å². The van der Waals surface area contributed by atoms with E-state index < -0.39 is 18.6 Å². The number of amides is 1. The van der Waals surface area contributed by atoms with Crippen molar-refractivity contribution in [3.05, 3.63) is 23.8 Å². The van der Waals surface area contributed by atoms with Crippen molar-refractivity contribution in [2.75, 3.05) is 19.3 Å². The fourth-order valence-electron chi connectivity index (χ4n) is 1.28. The molecular formula is C10H11F3N2O2. The van der Waals surface area contributed by atoms with Crippen molar-refractivity contribution in [3.8, 4) is 5.75 Å². The standard InChI is InChI=1S/C10H11F3N2O2/c1-15(5-10(11,12)13)9(17)7-4-6(16)2-3-8(7)14/h2-4,16H,5,14H2,1H3. The van der Waals surface area contributed by atoms with E-state index in [1.54, 1.807) is 0 Å². The predicted octanol–water partition coefficient (Wildman–Crippen LogP) is 1.61. The SMILES string of the molecule is CN(CC(F)(F)F)C(=O)c1cc(O)ccc1N. The molecule has 0 aromatic heterocycles. The van der Waals surface area contributed by atoms with E-state index in [4.69, 9.17) is 10.8 Å². The fourth-order valence-corrected chi connectivity index (χ4v) is 1.28. The lowest BCUT2D eigenvalue weighted by molar-refractivity contribution is -0.138. The summed E-state index contributed by atoms with van der Waals surface area (Å²) in [7, 11) is 1.01. The Hall–Kier alpha value is -1.92. The van der Waals surface area contributed by atoms with Gasteiger partial charge in [-0.05, 0) is 18.2 Å². The zero-order valence-corrected chi connectivity index (χ0v) is 8.95. The first kappa shape index (κ1) is 13.1. The summed E-state index contributed by atoms with van der Waals surface area (Å²) < 4.78 is 36.3. The van der Waals surface area contributed by atoms with Gasteiger partial charge in [-0.3, -0.25) is 4.79 Å². The lowest BCUT2D eigenvalue weighted by Gasteiger charge is -2.19. The molecule has 0 bridgehead atoms. The number of nitrogen functional groups attached to an aromatic ring is 1. The maximum Gasteiger partial charge on any atom is 0.406 e. The monoisotopic (exact) mass is 248 g/mol. The van der Waals surface area contributed by atoms with Gasteiger partial charge in [-0.1, -0.05) is 0 Å². The Morgan fingerprint density at radius 2 is 2.06 bits per heavy atom. The number of anilines is 1. The van der Waals surface area contributed by atoms with E-state index in [0.29, 0.717) is 4.90 Å². The van der Waals surface area contributed by atoms with Crippen molar-refractivity contribution in [3.63, 3.8) is 0 Å². The van der Waals surface area contributed by atoms with Crippen LogP contribution in [0.5, 0.6) is 5.75 Å². The normalized spacial score (nSPS) is 11.3. The lowest BCUT2D eigenvalue weighted by atomic mass is 10.1. The number of nitrogens with zero attached hydrogens (tertiary/aromatic N) is 1. The molecule has 7 heteroatoms. The van der Waals surface area contributed by atoms with Crippen LogP contribution in [0.25, 0.3) is 0 Å². The minimum absolute atomic E-state index is 0.0156. The largest absolute Gasteiger partial charge is 0.508 e. The van der Waals surface area contributed by atoms with Crippen LogP contribution < -0.4 is 5.73 Å². The molecule has 0 unspecified atom stereocenters. The molecule has 0 aliphatic rings. The molecule has 1 aromatic carbocycles. The van der Waals surface area contributed by atoms with Crippen LogP contribution in [0.3, 0.4) is 0 Å². The highest BCUT2D eigenvalue weighted by Gasteiger charge is 2.31. The summed E-state index contributed by atoms with van der Waals surface area (Å²) >= 11 is 0. The highest BCUT2D eigenvalue weighted by Crippen LogP contribution is 2.22. The molecule has 94 valence electrons. The van der Waals surface area contributed by atoms with Gasteiger partial charge in [0.25, 0.3) is 5.91 Å². The molecule has 0 aliphatic heterocycles. The van der Waals surface area contributed by atoms with E-state index >= 15 is 0 Å². The molecule has 1 rings (SSSR count). The minimum Gasteiger partial charge on any atom is -0.508 e. The molecule has 17 heavy (non-hydrogen) atoms. The summed E-state index contributed by atoms with van der Waals surface area (Å²) in [6, 6.07) is 3.53. The molecule has 0 saturated carbocycles. The molecule has 0 radical (unpaired) electrons. The van der Waals surface area contributed by atoms with E-state index in [1.807, 2.05) is 0 Å². The predicted molar refractivity (Wildman–Crippen MR) is 55.5 cm³/mol. The number of phenolic OH excluding ortho intramolecular Hbond substituents is 1. The maximum absolute atomic E-state index is 12.1. The minimum atomic E-state index is -4.48. The van der Waals surface area contributed by atoms with Crippen molar-refractivity contribution in [1.82, 2.24) is 4.90 Å². The number of rotatable bonds is 2. The number of carbonyl (C=O) groups is 1. The van der Waals surface area contributed by atoms with Crippen molar-refractivity contribution >= 4 is 11.6 Å². The lowest BCUT2D eigenvalue weighted by Crippen LogP contribution is -2.36. The molecule has 0 spiro atoms. The summed E-state index contributed by atoms with van der Waals surface area (Å²) in [6.07, 6.45) is -4.48. The molecule has 0 saturated heterocycles. The van der Waals surface area contributed by atoms with Crippen molar-refractivity contribution in [2.45, 2.75) is 6.18 Å². The third kappa shape index (κ3) is 3.54. The summed E-state index contributed by atoms with van der Waals surface area (Å²) in [6.45, 7) is -1.37. The van der Waals surface area contributed by atoms with E-state index in [2.05, 4.69) is 0 Å². The smallest absolute Gasteiger partial charge is 0.406 e. The van der Waals surface area contributed by atoms with Crippen molar-refractivity contribution < 1.29 is 23.1 Å². The first-order valence-corrected chi connectivity index (χ1v) is 4.61. The Balaban J connectivity index is 2.93. The van der Waals surface area contributed by atoms with Gasteiger partial charge in [-0.25, -0.2) is 0 Å².